The van der Waals surface area contributed by atoms with Gasteiger partial charge in [-0.2, -0.15) is 11.8 Å². The molecule has 6 nitrogen and oxygen atoms in total. The Labute approximate surface area is 126 Å². The van der Waals surface area contributed by atoms with Crippen molar-refractivity contribution in [2.24, 2.45) is 0 Å². The van der Waals surface area contributed by atoms with Crippen LogP contribution in [-0.4, -0.2) is 38.8 Å². The van der Waals surface area contributed by atoms with Gasteiger partial charge in [0.1, 0.15) is 11.5 Å². The first-order valence-electron chi connectivity index (χ1n) is 6.68. The largest absolute Gasteiger partial charge is 0.464 e. The number of carbonyl (C=O) groups is 1. The number of nitrogen functional groups attached to an aromatic ring is 1. The van der Waals surface area contributed by atoms with E-state index < -0.39 is 0 Å². The fourth-order valence-corrected chi connectivity index (χ4v) is 3.42. The number of thioether (sulfide) groups is 1. The molecule has 7 heteroatoms. The quantitative estimate of drug-likeness (QED) is 0.912. The molecule has 1 aliphatic rings. The molecule has 1 fully saturated rings. The number of hydrogen-bond acceptors (Lipinski definition) is 6. The summed E-state index contributed by atoms with van der Waals surface area (Å²) in [5, 5.41) is 0. The molecule has 1 saturated heterocycles. The summed E-state index contributed by atoms with van der Waals surface area (Å²) in [4.78, 5) is 22.5. The second-order valence-electron chi connectivity index (χ2n) is 4.83. The van der Waals surface area contributed by atoms with Crippen LogP contribution in [0, 0.1) is 6.92 Å². The number of furan rings is 1. The zero-order chi connectivity index (χ0) is 14.8. The van der Waals surface area contributed by atoms with E-state index in [1.165, 1.54) is 12.4 Å². The van der Waals surface area contributed by atoms with Crippen molar-refractivity contribution >= 4 is 23.5 Å². The molecule has 3 rings (SSSR count). The average Bonchev–Trinajstić information content (AvgIpc) is 2.93. The summed E-state index contributed by atoms with van der Waals surface area (Å²) in [5.74, 6) is 3.30. The summed E-state index contributed by atoms with van der Waals surface area (Å²) >= 11 is 1.81. The summed E-state index contributed by atoms with van der Waals surface area (Å²) in [6.07, 6.45) is 2.96. The van der Waals surface area contributed by atoms with Crippen molar-refractivity contribution in [2.45, 2.75) is 13.0 Å². The van der Waals surface area contributed by atoms with E-state index >= 15 is 0 Å². The first-order valence-corrected chi connectivity index (χ1v) is 7.84. The van der Waals surface area contributed by atoms with E-state index in [1.807, 2.05) is 19.1 Å². The van der Waals surface area contributed by atoms with Crippen molar-refractivity contribution in [3.8, 4) is 0 Å². The van der Waals surface area contributed by atoms with Crippen LogP contribution in [0.2, 0.25) is 0 Å². The predicted octanol–water partition coefficient (Wildman–Crippen LogP) is 1.89. The van der Waals surface area contributed by atoms with Crippen LogP contribution in [0.4, 0.5) is 5.82 Å². The highest BCUT2D eigenvalue weighted by atomic mass is 32.2. The highest BCUT2D eigenvalue weighted by Gasteiger charge is 2.32. The van der Waals surface area contributed by atoms with E-state index in [9.17, 15) is 4.79 Å². The Morgan fingerprint density at radius 2 is 2.24 bits per heavy atom. The molecule has 110 valence electrons. The van der Waals surface area contributed by atoms with Crippen LogP contribution in [0.3, 0.4) is 0 Å². The smallest absolute Gasteiger partial charge is 0.276 e. The SMILES string of the molecule is Cc1ccc(C2CSCCN2C(=O)c2nccnc2N)o1. The molecule has 1 atom stereocenters. The maximum atomic E-state index is 12.7. The Hall–Kier alpha value is -2.02. The lowest BCUT2D eigenvalue weighted by atomic mass is 10.2. The summed E-state index contributed by atoms with van der Waals surface area (Å²) < 4.78 is 5.69. The van der Waals surface area contributed by atoms with Crippen LogP contribution in [0.1, 0.15) is 28.1 Å². The molecule has 21 heavy (non-hydrogen) atoms. The van der Waals surface area contributed by atoms with Gasteiger partial charge in [0, 0.05) is 30.4 Å². The number of hydrogen-bond donors (Lipinski definition) is 1. The van der Waals surface area contributed by atoms with Crippen molar-refractivity contribution in [2.75, 3.05) is 23.8 Å². The van der Waals surface area contributed by atoms with Gasteiger partial charge in [-0.3, -0.25) is 4.79 Å². The summed E-state index contributed by atoms with van der Waals surface area (Å²) in [5.41, 5.74) is 5.97. The molecule has 1 unspecified atom stereocenters. The van der Waals surface area contributed by atoms with Gasteiger partial charge in [0.15, 0.2) is 11.5 Å². The van der Waals surface area contributed by atoms with E-state index in [4.69, 9.17) is 10.2 Å². The number of carbonyl (C=O) groups excluding carboxylic acids is 1. The van der Waals surface area contributed by atoms with E-state index in [-0.39, 0.29) is 23.5 Å². The third kappa shape index (κ3) is 2.73. The van der Waals surface area contributed by atoms with Gasteiger partial charge in [-0.25, -0.2) is 9.97 Å². The molecule has 3 heterocycles. The summed E-state index contributed by atoms with van der Waals surface area (Å²) in [6.45, 7) is 2.54. The van der Waals surface area contributed by atoms with Crippen molar-refractivity contribution in [1.29, 1.82) is 0 Å². The van der Waals surface area contributed by atoms with Crippen LogP contribution in [0.5, 0.6) is 0 Å². The summed E-state index contributed by atoms with van der Waals surface area (Å²) in [7, 11) is 0. The molecular formula is C14H16N4O2S. The van der Waals surface area contributed by atoms with Crippen molar-refractivity contribution in [1.82, 2.24) is 14.9 Å². The van der Waals surface area contributed by atoms with Gasteiger partial charge in [0.05, 0.1) is 6.04 Å². The molecule has 1 aliphatic heterocycles. The number of anilines is 1. The van der Waals surface area contributed by atoms with Crippen LogP contribution >= 0.6 is 11.8 Å². The fourth-order valence-electron chi connectivity index (χ4n) is 2.36. The first-order chi connectivity index (χ1) is 10.2. The molecule has 0 saturated carbocycles. The number of nitrogens with two attached hydrogens (primary N) is 1. The first kappa shape index (κ1) is 13.9. The van der Waals surface area contributed by atoms with Gasteiger partial charge in [-0.1, -0.05) is 0 Å². The lowest BCUT2D eigenvalue weighted by Crippen LogP contribution is -2.41. The van der Waals surface area contributed by atoms with Gasteiger partial charge >= 0.3 is 0 Å². The maximum Gasteiger partial charge on any atom is 0.276 e. The molecule has 0 spiro atoms. The standard InChI is InChI=1S/C14H16N4O2S/c1-9-2-3-11(20-9)10-8-21-7-6-18(10)14(19)12-13(15)17-5-4-16-12/h2-5,10H,6-8H2,1H3,(H2,15,17). The van der Waals surface area contributed by atoms with E-state index in [2.05, 4.69) is 9.97 Å². The monoisotopic (exact) mass is 304 g/mol. The van der Waals surface area contributed by atoms with Gasteiger partial charge in [-0.15, -0.1) is 0 Å². The third-order valence-corrected chi connectivity index (χ3v) is 4.43. The lowest BCUT2D eigenvalue weighted by Gasteiger charge is -2.34. The normalized spacial score (nSPS) is 18.7. The predicted molar refractivity (Wildman–Crippen MR) is 81.0 cm³/mol. The van der Waals surface area contributed by atoms with Crippen molar-refractivity contribution in [3.05, 3.63) is 41.7 Å². The van der Waals surface area contributed by atoms with Crippen LogP contribution in [-0.2, 0) is 0 Å². The number of amides is 1. The highest BCUT2D eigenvalue weighted by molar-refractivity contribution is 7.99. The molecule has 0 aromatic carbocycles. The highest BCUT2D eigenvalue weighted by Crippen LogP contribution is 2.32. The third-order valence-electron chi connectivity index (χ3n) is 3.41. The Morgan fingerprint density at radius 1 is 1.43 bits per heavy atom. The Balaban J connectivity index is 1.91. The molecule has 2 N–H and O–H groups in total. The topological polar surface area (TPSA) is 85.2 Å². The molecular weight excluding hydrogens is 288 g/mol. The van der Waals surface area contributed by atoms with E-state index in [1.54, 1.807) is 16.7 Å². The second kappa shape index (κ2) is 5.77. The summed E-state index contributed by atoms with van der Waals surface area (Å²) in [6, 6.07) is 3.74. The second-order valence-corrected chi connectivity index (χ2v) is 5.98. The Morgan fingerprint density at radius 3 is 2.95 bits per heavy atom. The van der Waals surface area contributed by atoms with Gasteiger partial charge in [-0.05, 0) is 19.1 Å². The van der Waals surface area contributed by atoms with E-state index in [0.717, 1.165) is 23.0 Å². The van der Waals surface area contributed by atoms with Crippen LogP contribution in [0.15, 0.2) is 28.9 Å². The molecule has 0 radical (unpaired) electrons. The molecule has 1 amide bonds. The minimum absolute atomic E-state index is 0.0913. The minimum Gasteiger partial charge on any atom is -0.464 e. The number of aromatic nitrogens is 2. The van der Waals surface area contributed by atoms with Gasteiger partial charge in [0.25, 0.3) is 5.91 Å². The van der Waals surface area contributed by atoms with Gasteiger partial charge in [0.2, 0.25) is 0 Å². The van der Waals surface area contributed by atoms with Crippen molar-refractivity contribution < 1.29 is 9.21 Å². The lowest BCUT2D eigenvalue weighted by molar-refractivity contribution is 0.0676. The molecule has 0 aliphatic carbocycles. The molecule has 2 aromatic rings. The van der Waals surface area contributed by atoms with Crippen LogP contribution in [0.25, 0.3) is 0 Å². The molecule has 0 bridgehead atoms. The Bertz CT molecular complexity index is 658. The number of nitrogens with zero attached hydrogens (tertiary/aromatic N) is 3. The fraction of sp³-hybridized carbons (Fsp3) is 0.357. The zero-order valence-electron chi connectivity index (χ0n) is 11.7. The number of rotatable bonds is 2. The zero-order valence-corrected chi connectivity index (χ0v) is 12.5. The number of aryl methyl sites for hydroxylation is 1. The Kier molecular flexibility index (Phi) is 3.83. The van der Waals surface area contributed by atoms with E-state index in [0.29, 0.717) is 6.54 Å². The molecule has 2 aromatic heterocycles. The minimum atomic E-state index is -0.194. The van der Waals surface area contributed by atoms with Crippen molar-refractivity contribution in [3.63, 3.8) is 0 Å². The maximum absolute atomic E-state index is 12.7. The average molecular weight is 304 g/mol. The van der Waals surface area contributed by atoms with Gasteiger partial charge < -0.3 is 15.1 Å². The van der Waals surface area contributed by atoms with Crippen LogP contribution < -0.4 is 5.73 Å².